The van der Waals surface area contributed by atoms with Gasteiger partial charge in [-0.05, 0) is 26.2 Å². The quantitative estimate of drug-likeness (QED) is 0.374. The van der Waals surface area contributed by atoms with Gasteiger partial charge >= 0.3 is 0 Å². The van der Waals surface area contributed by atoms with E-state index in [1.807, 2.05) is 6.92 Å². The molecule has 0 N–H and O–H groups in total. The Kier molecular flexibility index (Phi) is 8.17. The van der Waals surface area contributed by atoms with E-state index in [1.54, 1.807) is 0 Å². The van der Waals surface area contributed by atoms with Crippen molar-refractivity contribution < 1.29 is 0 Å². The highest BCUT2D eigenvalue weighted by Gasteiger charge is 2.00. The number of rotatable bonds is 5. The molecule has 64 valence electrons. The highest BCUT2D eigenvalue weighted by molar-refractivity contribution is 9.09. The largest absolute Gasteiger partial charge is 0.107 e. The van der Waals surface area contributed by atoms with Crippen molar-refractivity contribution in [1.29, 1.82) is 0 Å². The lowest BCUT2D eigenvalue weighted by molar-refractivity contribution is 0.665. The summed E-state index contributed by atoms with van der Waals surface area (Å²) in [5, 5.41) is 0. The zero-order chi connectivity index (χ0) is 8.53. The van der Waals surface area contributed by atoms with Crippen LogP contribution in [-0.4, -0.2) is 4.83 Å². The smallest absolute Gasteiger partial charge is 0.0146 e. The Morgan fingerprint density at radius 1 is 1.36 bits per heavy atom. The Bertz CT molecular complexity index is 130. The first kappa shape index (κ1) is 11.0. The molecule has 0 radical (unpaired) electrons. The molecule has 0 fully saturated rings. The molecule has 1 heteroatoms. The summed E-state index contributed by atoms with van der Waals surface area (Å²) in [5.41, 5.74) is 0. The first-order valence-corrected chi connectivity index (χ1v) is 5.26. The highest BCUT2D eigenvalue weighted by atomic mass is 79.9. The standard InChI is InChI=1S/C10H17Br/c1-3-5-6-7-9-10(11)8-4-2/h10H,4,6-9H2,1-2H3. The Balaban J connectivity index is 3.14. The Morgan fingerprint density at radius 2 is 2.09 bits per heavy atom. The topological polar surface area (TPSA) is 0 Å². The molecule has 1 atom stereocenters. The van der Waals surface area contributed by atoms with Gasteiger partial charge in [0.2, 0.25) is 0 Å². The van der Waals surface area contributed by atoms with Crippen LogP contribution in [0, 0.1) is 11.8 Å². The molecule has 0 aliphatic rings. The van der Waals surface area contributed by atoms with Crippen LogP contribution >= 0.6 is 15.9 Å². The third-order valence-corrected chi connectivity index (χ3v) is 2.51. The van der Waals surface area contributed by atoms with E-state index in [-0.39, 0.29) is 0 Å². The molecule has 0 rings (SSSR count). The van der Waals surface area contributed by atoms with Gasteiger partial charge in [0.1, 0.15) is 0 Å². The summed E-state index contributed by atoms with van der Waals surface area (Å²) in [6.45, 7) is 4.12. The van der Waals surface area contributed by atoms with Crippen molar-refractivity contribution in [2.75, 3.05) is 0 Å². The predicted molar refractivity (Wildman–Crippen MR) is 54.9 cm³/mol. The number of hydrogen-bond donors (Lipinski definition) is 0. The lowest BCUT2D eigenvalue weighted by Gasteiger charge is -2.04. The molecule has 0 aromatic carbocycles. The molecule has 0 aromatic heterocycles. The second-order valence-electron chi connectivity index (χ2n) is 2.70. The second kappa shape index (κ2) is 8.14. The molecule has 0 aliphatic carbocycles. The van der Waals surface area contributed by atoms with Gasteiger partial charge in [-0.15, -0.1) is 11.8 Å². The second-order valence-corrected chi connectivity index (χ2v) is 4.00. The number of alkyl halides is 1. The van der Waals surface area contributed by atoms with E-state index in [0.717, 1.165) is 6.42 Å². The predicted octanol–water partition coefficient (Wildman–Crippen LogP) is 3.74. The van der Waals surface area contributed by atoms with Crippen molar-refractivity contribution >= 4 is 15.9 Å². The van der Waals surface area contributed by atoms with E-state index < -0.39 is 0 Å². The van der Waals surface area contributed by atoms with Gasteiger partial charge in [-0.2, -0.15) is 0 Å². The molecule has 0 bridgehead atoms. The third kappa shape index (κ3) is 7.94. The van der Waals surface area contributed by atoms with E-state index in [1.165, 1.54) is 25.7 Å². The molecule has 11 heavy (non-hydrogen) atoms. The molecule has 0 saturated carbocycles. The van der Waals surface area contributed by atoms with E-state index in [9.17, 15) is 0 Å². The van der Waals surface area contributed by atoms with Gasteiger partial charge in [0, 0.05) is 11.2 Å². The number of hydrogen-bond acceptors (Lipinski definition) is 0. The van der Waals surface area contributed by atoms with E-state index >= 15 is 0 Å². The van der Waals surface area contributed by atoms with Gasteiger partial charge < -0.3 is 0 Å². The minimum absolute atomic E-state index is 0.714. The van der Waals surface area contributed by atoms with Crippen molar-refractivity contribution in [1.82, 2.24) is 0 Å². The van der Waals surface area contributed by atoms with Gasteiger partial charge in [-0.25, -0.2) is 0 Å². The van der Waals surface area contributed by atoms with Crippen LogP contribution in [0.15, 0.2) is 0 Å². The summed E-state index contributed by atoms with van der Waals surface area (Å²) < 4.78 is 0. The highest BCUT2D eigenvalue weighted by Crippen LogP contribution is 2.14. The SMILES string of the molecule is CC#CCCCC(Br)CCC. The molecular formula is C10H17Br. The number of halogens is 1. The molecule has 1 unspecified atom stereocenters. The van der Waals surface area contributed by atoms with E-state index in [2.05, 4.69) is 34.7 Å². The maximum Gasteiger partial charge on any atom is 0.0146 e. The van der Waals surface area contributed by atoms with Crippen LogP contribution in [0.2, 0.25) is 0 Å². The Morgan fingerprint density at radius 3 is 2.64 bits per heavy atom. The van der Waals surface area contributed by atoms with Crippen molar-refractivity contribution in [3.63, 3.8) is 0 Å². The zero-order valence-corrected chi connectivity index (χ0v) is 9.08. The van der Waals surface area contributed by atoms with Crippen molar-refractivity contribution in [2.45, 2.75) is 50.8 Å². The van der Waals surface area contributed by atoms with Crippen LogP contribution in [0.5, 0.6) is 0 Å². The van der Waals surface area contributed by atoms with Crippen LogP contribution in [0.4, 0.5) is 0 Å². The normalized spacial score (nSPS) is 11.9. The molecule has 0 nitrogen and oxygen atoms in total. The molecule has 0 spiro atoms. The summed E-state index contributed by atoms with van der Waals surface area (Å²) in [7, 11) is 0. The average Bonchev–Trinajstić information content (AvgIpc) is 1.99. The monoisotopic (exact) mass is 216 g/mol. The lowest BCUT2D eigenvalue weighted by Crippen LogP contribution is -1.95. The summed E-state index contributed by atoms with van der Waals surface area (Å²) in [6.07, 6.45) is 6.12. The summed E-state index contributed by atoms with van der Waals surface area (Å²) in [5.74, 6) is 5.98. The van der Waals surface area contributed by atoms with Gasteiger partial charge in [0.15, 0.2) is 0 Å². The summed E-state index contributed by atoms with van der Waals surface area (Å²) >= 11 is 3.64. The fourth-order valence-electron chi connectivity index (χ4n) is 0.995. The van der Waals surface area contributed by atoms with Gasteiger partial charge in [0.05, 0.1) is 0 Å². The van der Waals surface area contributed by atoms with Crippen LogP contribution in [0.25, 0.3) is 0 Å². The minimum Gasteiger partial charge on any atom is -0.107 e. The van der Waals surface area contributed by atoms with E-state index in [0.29, 0.717) is 4.83 Å². The molecule has 0 aromatic rings. The zero-order valence-electron chi connectivity index (χ0n) is 7.49. The van der Waals surface area contributed by atoms with Crippen molar-refractivity contribution in [3.8, 4) is 11.8 Å². The minimum atomic E-state index is 0.714. The first-order valence-electron chi connectivity index (χ1n) is 4.35. The van der Waals surface area contributed by atoms with Crippen LogP contribution in [-0.2, 0) is 0 Å². The van der Waals surface area contributed by atoms with Gasteiger partial charge in [-0.1, -0.05) is 29.3 Å². The number of unbranched alkanes of at least 4 members (excludes halogenated alkanes) is 1. The van der Waals surface area contributed by atoms with Crippen LogP contribution < -0.4 is 0 Å². The third-order valence-electron chi connectivity index (χ3n) is 1.60. The van der Waals surface area contributed by atoms with Crippen LogP contribution in [0.3, 0.4) is 0 Å². The van der Waals surface area contributed by atoms with Crippen molar-refractivity contribution in [3.05, 3.63) is 0 Å². The average molecular weight is 217 g/mol. The Labute approximate surface area is 78.9 Å². The molecule has 0 saturated heterocycles. The first-order chi connectivity index (χ1) is 5.31. The van der Waals surface area contributed by atoms with Crippen molar-refractivity contribution in [2.24, 2.45) is 0 Å². The lowest BCUT2D eigenvalue weighted by atomic mass is 10.1. The maximum atomic E-state index is 3.64. The summed E-state index contributed by atoms with van der Waals surface area (Å²) in [4.78, 5) is 0.714. The summed E-state index contributed by atoms with van der Waals surface area (Å²) in [6, 6.07) is 0. The molecular weight excluding hydrogens is 200 g/mol. The molecule has 0 amide bonds. The van der Waals surface area contributed by atoms with Gasteiger partial charge in [-0.3, -0.25) is 0 Å². The van der Waals surface area contributed by atoms with Gasteiger partial charge in [0.25, 0.3) is 0 Å². The fourth-order valence-corrected chi connectivity index (χ4v) is 1.78. The Hall–Kier alpha value is 0.0400. The maximum absolute atomic E-state index is 3.64. The fraction of sp³-hybridized carbons (Fsp3) is 0.800. The molecule has 0 aliphatic heterocycles. The molecule has 0 heterocycles. The van der Waals surface area contributed by atoms with Crippen LogP contribution in [0.1, 0.15) is 46.0 Å². The van der Waals surface area contributed by atoms with E-state index in [4.69, 9.17) is 0 Å².